The number of rotatable bonds is 3. The van der Waals surface area contributed by atoms with E-state index in [2.05, 4.69) is 20.3 Å². The van der Waals surface area contributed by atoms with Gasteiger partial charge in [-0.3, -0.25) is 5.32 Å². The number of alkyl halides is 3. The molecule has 9 heteroatoms. The molecule has 0 fully saturated rings. The van der Waals surface area contributed by atoms with Gasteiger partial charge in [0.15, 0.2) is 6.61 Å². The zero-order chi connectivity index (χ0) is 15.5. The van der Waals surface area contributed by atoms with Crippen LogP contribution in [0.5, 0.6) is 0 Å². The second kappa shape index (κ2) is 5.81. The third-order valence-corrected chi connectivity index (χ3v) is 2.45. The maximum atomic E-state index is 12.0. The summed E-state index contributed by atoms with van der Waals surface area (Å²) in [5.74, 6) is 0.224. The Labute approximate surface area is 116 Å². The minimum absolute atomic E-state index is 0.224. The number of aryl methyl sites for hydroxylation is 1. The number of carbonyl (C=O) groups excluding carboxylic acids is 1. The summed E-state index contributed by atoms with van der Waals surface area (Å²) in [5, 5.41) is 9.44. The van der Waals surface area contributed by atoms with Crippen molar-refractivity contribution in [3.63, 3.8) is 0 Å². The first kappa shape index (κ1) is 14.8. The lowest BCUT2D eigenvalue weighted by molar-refractivity contribution is -0.159. The largest absolute Gasteiger partial charge is 0.440 e. The number of carbonyl (C=O) groups is 1. The molecule has 1 aromatic heterocycles. The topological polar surface area (TPSA) is 77.3 Å². The molecule has 0 bridgehead atoms. The monoisotopic (exact) mass is 301 g/mol. The highest BCUT2D eigenvalue weighted by molar-refractivity contribution is 5.86. The van der Waals surface area contributed by atoms with Gasteiger partial charge in [-0.05, 0) is 24.6 Å². The van der Waals surface area contributed by atoms with Crippen molar-refractivity contribution >= 4 is 11.8 Å². The minimum Gasteiger partial charge on any atom is -0.440 e. The molecular formula is C12H10F3N3O3. The van der Waals surface area contributed by atoms with Crippen LogP contribution in [0.2, 0.25) is 0 Å². The van der Waals surface area contributed by atoms with Gasteiger partial charge >= 0.3 is 12.3 Å². The number of hydrogen-bond acceptors (Lipinski definition) is 5. The number of aromatic nitrogens is 2. The van der Waals surface area contributed by atoms with Gasteiger partial charge in [-0.25, -0.2) is 4.79 Å². The lowest BCUT2D eigenvalue weighted by Crippen LogP contribution is -2.23. The molecule has 21 heavy (non-hydrogen) atoms. The van der Waals surface area contributed by atoms with Gasteiger partial charge in [0.1, 0.15) is 0 Å². The third-order valence-electron chi connectivity index (χ3n) is 2.45. The van der Waals surface area contributed by atoms with Gasteiger partial charge in [-0.1, -0.05) is 6.07 Å². The van der Waals surface area contributed by atoms with Crippen LogP contribution in [0.3, 0.4) is 0 Å². The molecule has 0 aliphatic rings. The van der Waals surface area contributed by atoms with E-state index in [1.54, 1.807) is 19.1 Å². The number of anilines is 1. The Bertz CT molecular complexity index is 626. The number of ether oxygens (including phenoxy) is 1. The van der Waals surface area contributed by atoms with Crippen LogP contribution < -0.4 is 5.32 Å². The number of nitrogens with zero attached hydrogens (tertiary/aromatic N) is 2. The first-order valence-electron chi connectivity index (χ1n) is 5.73. The summed E-state index contributed by atoms with van der Waals surface area (Å²) < 4.78 is 44.9. The van der Waals surface area contributed by atoms with Crippen LogP contribution in [-0.2, 0) is 4.74 Å². The van der Waals surface area contributed by atoms with Gasteiger partial charge in [0.2, 0.25) is 12.3 Å². The van der Waals surface area contributed by atoms with E-state index >= 15 is 0 Å². The maximum Gasteiger partial charge on any atom is 0.422 e. The lowest BCUT2D eigenvalue weighted by atomic mass is 10.1. The fourth-order valence-corrected chi connectivity index (χ4v) is 1.48. The number of hydrogen-bond donors (Lipinski definition) is 1. The molecule has 112 valence electrons. The molecule has 1 amide bonds. The molecule has 0 aliphatic heterocycles. The SMILES string of the molecule is Cc1ccc(-c2nnco2)cc1NC(=O)OCC(F)(F)F. The molecule has 0 radical (unpaired) electrons. The van der Waals surface area contributed by atoms with Crippen molar-refractivity contribution in [3.8, 4) is 11.5 Å². The van der Waals surface area contributed by atoms with E-state index in [0.717, 1.165) is 6.39 Å². The Morgan fingerprint density at radius 3 is 2.81 bits per heavy atom. The van der Waals surface area contributed by atoms with Crippen LogP contribution in [0.1, 0.15) is 5.56 Å². The molecule has 0 saturated heterocycles. The highest BCUT2D eigenvalue weighted by atomic mass is 19.4. The van der Waals surface area contributed by atoms with E-state index in [1.165, 1.54) is 6.07 Å². The molecule has 0 aliphatic carbocycles. The Kier molecular flexibility index (Phi) is 4.10. The molecule has 0 saturated carbocycles. The summed E-state index contributed by atoms with van der Waals surface area (Å²) >= 11 is 0. The Morgan fingerprint density at radius 1 is 1.43 bits per heavy atom. The molecular weight excluding hydrogens is 291 g/mol. The minimum atomic E-state index is -4.57. The van der Waals surface area contributed by atoms with Crippen molar-refractivity contribution < 1.29 is 27.1 Å². The average molecular weight is 301 g/mol. The van der Waals surface area contributed by atoms with Crippen molar-refractivity contribution in [3.05, 3.63) is 30.2 Å². The van der Waals surface area contributed by atoms with Gasteiger partial charge in [-0.2, -0.15) is 13.2 Å². The third kappa shape index (κ3) is 4.20. The van der Waals surface area contributed by atoms with Crippen LogP contribution in [0.15, 0.2) is 29.0 Å². The highest BCUT2D eigenvalue weighted by Crippen LogP contribution is 2.24. The second-order valence-electron chi connectivity index (χ2n) is 4.09. The van der Waals surface area contributed by atoms with Crippen LogP contribution in [-0.4, -0.2) is 29.1 Å². The Balaban J connectivity index is 2.09. The Morgan fingerprint density at radius 2 is 2.19 bits per heavy atom. The molecule has 1 heterocycles. The summed E-state index contributed by atoms with van der Waals surface area (Å²) in [7, 11) is 0. The molecule has 0 atom stereocenters. The predicted molar refractivity (Wildman–Crippen MR) is 65.5 cm³/mol. The predicted octanol–water partition coefficient (Wildman–Crippen LogP) is 3.16. The number of halogens is 3. The molecule has 2 rings (SSSR count). The molecule has 6 nitrogen and oxygen atoms in total. The van der Waals surface area contributed by atoms with Crippen LogP contribution in [0.4, 0.5) is 23.7 Å². The van der Waals surface area contributed by atoms with Crippen molar-refractivity contribution in [2.45, 2.75) is 13.1 Å². The number of benzene rings is 1. The van der Waals surface area contributed by atoms with E-state index < -0.39 is 18.9 Å². The van der Waals surface area contributed by atoms with Gasteiger partial charge in [-0.15, -0.1) is 10.2 Å². The maximum absolute atomic E-state index is 12.0. The van der Waals surface area contributed by atoms with E-state index in [4.69, 9.17) is 4.42 Å². The Hall–Kier alpha value is -2.58. The van der Waals surface area contributed by atoms with Gasteiger partial charge < -0.3 is 9.15 Å². The number of nitrogens with one attached hydrogen (secondary N) is 1. The normalized spacial score (nSPS) is 11.2. The fraction of sp³-hybridized carbons (Fsp3) is 0.250. The van der Waals surface area contributed by atoms with Gasteiger partial charge in [0, 0.05) is 11.3 Å². The summed E-state index contributed by atoms with van der Waals surface area (Å²) in [6.07, 6.45) is -4.63. The molecule has 2 aromatic rings. The van der Waals surface area contributed by atoms with Crippen LogP contribution in [0, 0.1) is 6.92 Å². The summed E-state index contributed by atoms with van der Waals surface area (Å²) in [4.78, 5) is 11.3. The van der Waals surface area contributed by atoms with E-state index in [1.807, 2.05) is 0 Å². The molecule has 1 aromatic carbocycles. The molecule has 1 N–H and O–H groups in total. The van der Waals surface area contributed by atoms with Crippen molar-refractivity contribution in [2.24, 2.45) is 0 Å². The van der Waals surface area contributed by atoms with E-state index in [0.29, 0.717) is 11.1 Å². The second-order valence-corrected chi connectivity index (χ2v) is 4.09. The smallest absolute Gasteiger partial charge is 0.422 e. The first-order valence-corrected chi connectivity index (χ1v) is 5.73. The van der Waals surface area contributed by atoms with Crippen molar-refractivity contribution in [1.29, 1.82) is 0 Å². The highest BCUT2D eigenvalue weighted by Gasteiger charge is 2.29. The summed E-state index contributed by atoms with van der Waals surface area (Å²) in [6.45, 7) is 0.0260. The quantitative estimate of drug-likeness (QED) is 0.942. The van der Waals surface area contributed by atoms with Crippen molar-refractivity contribution in [1.82, 2.24) is 10.2 Å². The zero-order valence-electron chi connectivity index (χ0n) is 10.8. The van der Waals surface area contributed by atoms with Gasteiger partial charge in [0.05, 0.1) is 0 Å². The molecule has 0 spiro atoms. The number of amides is 1. The van der Waals surface area contributed by atoms with Crippen molar-refractivity contribution in [2.75, 3.05) is 11.9 Å². The summed E-state index contributed by atoms with van der Waals surface area (Å²) in [6, 6.07) is 4.83. The van der Waals surface area contributed by atoms with E-state index in [9.17, 15) is 18.0 Å². The van der Waals surface area contributed by atoms with Crippen LogP contribution in [0.25, 0.3) is 11.5 Å². The van der Waals surface area contributed by atoms with E-state index in [-0.39, 0.29) is 11.6 Å². The lowest BCUT2D eigenvalue weighted by Gasteiger charge is -2.11. The van der Waals surface area contributed by atoms with Gasteiger partial charge in [0.25, 0.3) is 0 Å². The van der Waals surface area contributed by atoms with Crippen LogP contribution >= 0.6 is 0 Å². The fourth-order valence-electron chi connectivity index (χ4n) is 1.48. The average Bonchev–Trinajstić information content (AvgIpc) is 2.92. The summed E-state index contributed by atoms with van der Waals surface area (Å²) in [5.41, 5.74) is 1.45. The molecule has 0 unspecified atom stereocenters. The first-order chi connectivity index (χ1) is 9.85. The zero-order valence-corrected chi connectivity index (χ0v) is 10.8. The standard InChI is InChI=1S/C12H10F3N3O3/c1-7-2-3-8(10-18-16-6-21-10)4-9(7)17-11(19)20-5-12(13,14)15/h2-4,6H,5H2,1H3,(H,17,19).